The van der Waals surface area contributed by atoms with Crippen LogP contribution in [0.4, 0.5) is 11.4 Å². The van der Waals surface area contributed by atoms with E-state index in [2.05, 4.69) is 16.0 Å². The van der Waals surface area contributed by atoms with Crippen molar-refractivity contribution >= 4 is 46.4 Å². The highest BCUT2D eigenvalue weighted by molar-refractivity contribution is 6.33. The van der Waals surface area contributed by atoms with E-state index in [1.807, 2.05) is 19.1 Å². The molecule has 0 fully saturated rings. The summed E-state index contributed by atoms with van der Waals surface area (Å²) in [6.07, 6.45) is 1.23. The van der Waals surface area contributed by atoms with Crippen molar-refractivity contribution in [1.82, 2.24) is 5.32 Å². The average molecular weight is 394 g/mol. The smallest absolute Gasteiger partial charge is 0.239 e. The van der Waals surface area contributed by atoms with Crippen molar-refractivity contribution in [2.45, 2.75) is 26.3 Å². The molecule has 0 bridgehead atoms. The molecule has 0 unspecified atom stereocenters. The SMILES string of the molecule is CCCC(=O)Nc1ccc(Cl)c(NCC(=O)NCc2ccc(Cl)cc2)c1. The summed E-state index contributed by atoms with van der Waals surface area (Å²) in [6.45, 7) is 2.43. The van der Waals surface area contributed by atoms with Crippen molar-refractivity contribution < 1.29 is 9.59 Å². The Hall–Kier alpha value is -2.24. The van der Waals surface area contributed by atoms with Gasteiger partial charge in [-0.05, 0) is 42.3 Å². The molecule has 138 valence electrons. The third-order valence-electron chi connectivity index (χ3n) is 3.57. The summed E-state index contributed by atoms with van der Waals surface area (Å²) in [5.74, 6) is -0.224. The summed E-state index contributed by atoms with van der Waals surface area (Å²) in [5, 5.41) is 9.73. The first-order valence-electron chi connectivity index (χ1n) is 8.32. The van der Waals surface area contributed by atoms with Crippen LogP contribution in [-0.2, 0) is 16.1 Å². The van der Waals surface area contributed by atoms with Crippen molar-refractivity contribution in [3.63, 3.8) is 0 Å². The third kappa shape index (κ3) is 6.58. The molecule has 2 amide bonds. The monoisotopic (exact) mass is 393 g/mol. The highest BCUT2D eigenvalue weighted by Crippen LogP contribution is 2.25. The highest BCUT2D eigenvalue weighted by atomic mass is 35.5. The number of halogens is 2. The molecule has 0 radical (unpaired) electrons. The Kier molecular flexibility index (Phi) is 7.75. The number of benzene rings is 2. The Morgan fingerprint density at radius 2 is 1.73 bits per heavy atom. The lowest BCUT2D eigenvalue weighted by atomic mass is 10.2. The largest absolute Gasteiger partial charge is 0.375 e. The molecule has 0 aliphatic carbocycles. The number of carbonyl (C=O) groups is 2. The molecule has 0 saturated heterocycles. The number of hydrogen-bond acceptors (Lipinski definition) is 3. The lowest BCUT2D eigenvalue weighted by molar-refractivity contribution is -0.119. The second kappa shape index (κ2) is 10.0. The van der Waals surface area contributed by atoms with E-state index in [0.717, 1.165) is 12.0 Å². The third-order valence-corrected chi connectivity index (χ3v) is 4.15. The Balaban J connectivity index is 1.86. The van der Waals surface area contributed by atoms with E-state index >= 15 is 0 Å². The average Bonchev–Trinajstić information content (AvgIpc) is 2.62. The van der Waals surface area contributed by atoms with Gasteiger partial charge in [0.25, 0.3) is 0 Å². The van der Waals surface area contributed by atoms with Gasteiger partial charge in [-0.25, -0.2) is 0 Å². The number of carbonyl (C=O) groups excluding carboxylic acids is 2. The number of anilines is 2. The minimum Gasteiger partial charge on any atom is -0.375 e. The summed E-state index contributed by atoms with van der Waals surface area (Å²) in [7, 11) is 0. The van der Waals surface area contributed by atoms with Gasteiger partial charge in [-0.15, -0.1) is 0 Å². The van der Waals surface area contributed by atoms with Gasteiger partial charge in [-0.2, -0.15) is 0 Å². The topological polar surface area (TPSA) is 70.2 Å². The van der Waals surface area contributed by atoms with Crippen LogP contribution in [0.3, 0.4) is 0 Å². The van der Waals surface area contributed by atoms with Gasteiger partial charge in [0.15, 0.2) is 0 Å². The maximum Gasteiger partial charge on any atom is 0.239 e. The zero-order valence-electron chi connectivity index (χ0n) is 14.4. The molecule has 0 atom stereocenters. The minimum absolute atomic E-state index is 0.0542. The summed E-state index contributed by atoms with van der Waals surface area (Å²) in [6, 6.07) is 12.4. The molecule has 0 aliphatic rings. The quantitative estimate of drug-likeness (QED) is 0.619. The van der Waals surface area contributed by atoms with E-state index < -0.39 is 0 Å². The predicted molar refractivity (Wildman–Crippen MR) is 107 cm³/mol. The molecule has 2 aromatic carbocycles. The first-order chi connectivity index (χ1) is 12.5. The van der Waals surface area contributed by atoms with Crippen LogP contribution in [0, 0.1) is 0 Å². The van der Waals surface area contributed by atoms with E-state index in [9.17, 15) is 9.59 Å². The minimum atomic E-state index is -0.170. The molecule has 5 nitrogen and oxygen atoms in total. The van der Waals surface area contributed by atoms with Crippen molar-refractivity contribution in [1.29, 1.82) is 0 Å². The lowest BCUT2D eigenvalue weighted by Gasteiger charge is -2.12. The summed E-state index contributed by atoms with van der Waals surface area (Å²) in [5.41, 5.74) is 2.18. The fourth-order valence-corrected chi connectivity index (χ4v) is 2.54. The highest BCUT2D eigenvalue weighted by Gasteiger charge is 2.07. The van der Waals surface area contributed by atoms with Crippen molar-refractivity contribution in [3.05, 3.63) is 58.1 Å². The van der Waals surface area contributed by atoms with Gasteiger partial charge in [0.2, 0.25) is 11.8 Å². The van der Waals surface area contributed by atoms with Gasteiger partial charge in [0.1, 0.15) is 0 Å². The van der Waals surface area contributed by atoms with Crippen molar-refractivity contribution in [3.8, 4) is 0 Å². The Morgan fingerprint density at radius 1 is 1.00 bits per heavy atom. The van der Waals surface area contributed by atoms with E-state index in [-0.39, 0.29) is 18.4 Å². The Bertz CT molecular complexity index is 764. The Labute approximate surface area is 163 Å². The van der Waals surface area contributed by atoms with Crippen molar-refractivity contribution in [2.24, 2.45) is 0 Å². The molecule has 2 aromatic rings. The van der Waals surface area contributed by atoms with Gasteiger partial charge in [0, 0.05) is 23.7 Å². The van der Waals surface area contributed by atoms with Gasteiger partial charge in [0.05, 0.1) is 17.3 Å². The maximum atomic E-state index is 12.0. The van der Waals surface area contributed by atoms with Gasteiger partial charge < -0.3 is 16.0 Å². The molecule has 3 N–H and O–H groups in total. The van der Waals surface area contributed by atoms with Crippen LogP contribution >= 0.6 is 23.2 Å². The fraction of sp³-hybridized carbons (Fsp3) is 0.263. The van der Waals surface area contributed by atoms with Crippen molar-refractivity contribution in [2.75, 3.05) is 17.2 Å². The Morgan fingerprint density at radius 3 is 2.42 bits per heavy atom. The number of amides is 2. The molecule has 7 heteroatoms. The first-order valence-corrected chi connectivity index (χ1v) is 9.08. The van der Waals surface area contributed by atoms with Gasteiger partial charge >= 0.3 is 0 Å². The van der Waals surface area contributed by atoms with Crippen LogP contribution in [0.25, 0.3) is 0 Å². The van der Waals surface area contributed by atoms with Gasteiger partial charge in [-0.3, -0.25) is 9.59 Å². The molecule has 0 heterocycles. The standard InChI is InChI=1S/C19H21Cl2N3O2/c1-2-3-18(25)24-15-8-9-16(21)17(10-15)22-12-19(26)23-11-13-4-6-14(20)7-5-13/h4-10,22H,2-3,11-12H2,1H3,(H,23,26)(H,24,25). The molecule has 0 saturated carbocycles. The zero-order valence-corrected chi connectivity index (χ0v) is 16.0. The molecule has 0 aliphatic heterocycles. The summed E-state index contributed by atoms with van der Waals surface area (Å²) >= 11 is 12.0. The number of hydrogen-bond donors (Lipinski definition) is 3. The van der Waals surface area contributed by atoms with Crippen LogP contribution < -0.4 is 16.0 Å². The fourth-order valence-electron chi connectivity index (χ4n) is 2.23. The summed E-state index contributed by atoms with van der Waals surface area (Å²) in [4.78, 5) is 23.7. The molecular formula is C19H21Cl2N3O2. The van der Waals surface area contributed by atoms with E-state index in [0.29, 0.717) is 34.4 Å². The van der Waals surface area contributed by atoms with Crippen LogP contribution in [0.1, 0.15) is 25.3 Å². The van der Waals surface area contributed by atoms with Crippen LogP contribution in [0.15, 0.2) is 42.5 Å². The molecule has 2 rings (SSSR count). The first kappa shape index (κ1) is 20.1. The van der Waals surface area contributed by atoms with E-state index in [4.69, 9.17) is 23.2 Å². The second-order valence-corrected chi connectivity index (χ2v) is 6.59. The predicted octanol–water partition coefficient (Wildman–Crippen LogP) is 4.46. The van der Waals surface area contributed by atoms with Crippen LogP contribution in [-0.4, -0.2) is 18.4 Å². The molecule has 0 aromatic heterocycles. The lowest BCUT2D eigenvalue weighted by Crippen LogP contribution is -2.29. The normalized spacial score (nSPS) is 10.3. The van der Waals surface area contributed by atoms with E-state index in [1.165, 1.54) is 0 Å². The van der Waals surface area contributed by atoms with Crippen LogP contribution in [0.5, 0.6) is 0 Å². The number of nitrogens with one attached hydrogen (secondary N) is 3. The van der Waals surface area contributed by atoms with E-state index in [1.54, 1.807) is 30.3 Å². The van der Waals surface area contributed by atoms with Crippen LogP contribution in [0.2, 0.25) is 10.0 Å². The molecule has 0 spiro atoms. The second-order valence-electron chi connectivity index (χ2n) is 5.75. The zero-order chi connectivity index (χ0) is 18.9. The van der Waals surface area contributed by atoms with Gasteiger partial charge in [-0.1, -0.05) is 42.3 Å². The number of rotatable bonds is 8. The maximum absolute atomic E-state index is 12.0. The molecule has 26 heavy (non-hydrogen) atoms. The molecular weight excluding hydrogens is 373 g/mol. The summed E-state index contributed by atoms with van der Waals surface area (Å²) < 4.78 is 0.